The highest BCUT2D eigenvalue weighted by Crippen LogP contribution is 2.27. The second-order valence-electron chi connectivity index (χ2n) is 7.16. The van der Waals surface area contributed by atoms with Gasteiger partial charge < -0.3 is 9.64 Å². The van der Waals surface area contributed by atoms with E-state index in [4.69, 9.17) is 9.73 Å². The molecule has 0 amide bonds. The lowest BCUT2D eigenvalue weighted by atomic mass is 10.2. The van der Waals surface area contributed by atoms with Gasteiger partial charge >= 0.3 is 0 Å². The summed E-state index contributed by atoms with van der Waals surface area (Å²) >= 11 is 1.88. The molecule has 2 unspecified atom stereocenters. The summed E-state index contributed by atoms with van der Waals surface area (Å²) < 4.78 is 5.83. The molecule has 0 spiro atoms. The number of thioether (sulfide) groups is 1. The van der Waals surface area contributed by atoms with E-state index in [9.17, 15) is 0 Å². The number of benzene rings is 1. The minimum atomic E-state index is 0.221. The third-order valence-electron chi connectivity index (χ3n) is 4.52. The molecular weight excluding hydrogens is 354 g/mol. The lowest BCUT2D eigenvalue weighted by Gasteiger charge is -2.36. The molecule has 0 bridgehead atoms. The highest BCUT2D eigenvalue weighted by atomic mass is 32.2. The van der Waals surface area contributed by atoms with Gasteiger partial charge in [0.1, 0.15) is 5.82 Å². The average molecular weight is 384 g/mol. The number of nitrogens with zero attached hydrogens (tertiary/aromatic N) is 3. The van der Waals surface area contributed by atoms with Crippen LogP contribution in [0, 0.1) is 6.92 Å². The van der Waals surface area contributed by atoms with Crippen molar-refractivity contribution < 1.29 is 4.74 Å². The Morgan fingerprint density at radius 1 is 1.22 bits per heavy atom. The zero-order chi connectivity index (χ0) is 19.2. The Kier molecular flexibility index (Phi) is 6.91. The Morgan fingerprint density at radius 3 is 2.74 bits per heavy atom. The Balaban J connectivity index is 1.76. The molecule has 0 saturated carbocycles. The van der Waals surface area contributed by atoms with Crippen LogP contribution in [0.4, 0.5) is 11.5 Å². The number of hydrogen-bond acceptors (Lipinski definition) is 5. The largest absolute Gasteiger partial charge is 0.372 e. The van der Waals surface area contributed by atoms with Crippen LogP contribution in [-0.2, 0) is 4.74 Å². The van der Waals surface area contributed by atoms with Crippen molar-refractivity contribution in [2.45, 2.75) is 51.2 Å². The Bertz CT molecular complexity index is 783. The summed E-state index contributed by atoms with van der Waals surface area (Å²) in [5.41, 5.74) is 3.29. The molecule has 144 valence electrons. The van der Waals surface area contributed by atoms with Gasteiger partial charge in [0, 0.05) is 30.4 Å². The molecular formula is C22H29N3OS. The number of aryl methyl sites for hydroxylation is 1. The van der Waals surface area contributed by atoms with Crippen LogP contribution in [0.3, 0.4) is 0 Å². The average Bonchev–Trinajstić information content (AvgIpc) is 2.66. The zero-order valence-electron chi connectivity index (χ0n) is 16.7. The fourth-order valence-electron chi connectivity index (χ4n) is 3.23. The molecule has 4 nitrogen and oxygen atoms in total. The number of rotatable bonds is 6. The van der Waals surface area contributed by atoms with Gasteiger partial charge in [0.15, 0.2) is 0 Å². The smallest absolute Gasteiger partial charge is 0.129 e. The number of aromatic nitrogens is 1. The molecule has 0 aliphatic carbocycles. The van der Waals surface area contributed by atoms with Crippen molar-refractivity contribution in [2.75, 3.05) is 23.7 Å². The van der Waals surface area contributed by atoms with E-state index < -0.39 is 0 Å². The lowest BCUT2D eigenvalue weighted by Crippen LogP contribution is -2.45. The Labute approximate surface area is 167 Å². The summed E-state index contributed by atoms with van der Waals surface area (Å²) in [4.78, 5) is 12.9. The van der Waals surface area contributed by atoms with Crippen LogP contribution in [0.5, 0.6) is 0 Å². The molecule has 5 heteroatoms. The molecule has 1 aromatic carbocycles. The van der Waals surface area contributed by atoms with Crippen LogP contribution in [0.15, 0.2) is 46.4 Å². The first-order valence-corrected chi connectivity index (χ1v) is 10.7. The van der Waals surface area contributed by atoms with E-state index in [1.807, 2.05) is 30.2 Å². The maximum atomic E-state index is 5.83. The topological polar surface area (TPSA) is 37.7 Å². The molecule has 1 fully saturated rings. The fourth-order valence-corrected chi connectivity index (χ4v) is 4.03. The van der Waals surface area contributed by atoms with Gasteiger partial charge in [-0.05, 0) is 68.3 Å². The van der Waals surface area contributed by atoms with Crippen molar-refractivity contribution >= 4 is 29.5 Å². The number of pyridine rings is 1. The van der Waals surface area contributed by atoms with Crippen LogP contribution in [0.1, 0.15) is 38.3 Å². The summed E-state index contributed by atoms with van der Waals surface area (Å²) in [6, 6.07) is 10.6. The monoisotopic (exact) mass is 383 g/mol. The molecule has 1 aliphatic rings. The van der Waals surface area contributed by atoms with Gasteiger partial charge in [-0.15, -0.1) is 11.8 Å². The predicted octanol–water partition coefficient (Wildman–Crippen LogP) is 5.26. The van der Waals surface area contributed by atoms with Crippen LogP contribution in [0.2, 0.25) is 0 Å². The third kappa shape index (κ3) is 5.56. The first kappa shape index (κ1) is 19.9. The molecule has 2 heterocycles. The number of hydrogen-bond donors (Lipinski definition) is 0. The van der Waals surface area contributed by atoms with Crippen molar-refractivity contribution in [1.29, 1.82) is 0 Å². The minimum absolute atomic E-state index is 0.221. The molecule has 1 aliphatic heterocycles. The number of anilines is 1. The minimum Gasteiger partial charge on any atom is -0.372 e. The van der Waals surface area contributed by atoms with Crippen LogP contribution in [-0.4, -0.2) is 42.2 Å². The van der Waals surface area contributed by atoms with E-state index in [0.29, 0.717) is 0 Å². The van der Waals surface area contributed by atoms with Crippen molar-refractivity contribution in [2.24, 2.45) is 4.99 Å². The van der Waals surface area contributed by atoms with Crippen molar-refractivity contribution in [3.63, 3.8) is 0 Å². The summed E-state index contributed by atoms with van der Waals surface area (Å²) in [5, 5.41) is 0. The number of ether oxygens (including phenoxy) is 1. The van der Waals surface area contributed by atoms with Crippen molar-refractivity contribution in [3.8, 4) is 0 Å². The van der Waals surface area contributed by atoms with Gasteiger partial charge in [0.05, 0.1) is 17.9 Å². The number of aliphatic imine (C=N–C) groups is 1. The molecule has 3 rings (SSSR count). The summed E-state index contributed by atoms with van der Waals surface area (Å²) in [6.07, 6.45) is 5.42. The molecule has 2 aromatic rings. The zero-order valence-corrected chi connectivity index (χ0v) is 17.5. The molecule has 1 aromatic heterocycles. The van der Waals surface area contributed by atoms with Gasteiger partial charge in [-0.2, -0.15) is 0 Å². The van der Waals surface area contributed by atoms with Crippen molar-refractivity contribution in [1.82, 2.24) is 4.98 Å². The standard InChI is InChI=1S/C22H29N3OS/c1-5-10-27-20-7-6-16(2)21(12-20)24-13-19-8-9-23-22(11-19)25-14-17(3)26-18(4)15-25/h6-9,11-13,17-18H,5,10,14-15H2,1-4H3. The maximum Gasteiger partial charge on any atom is 0.129 e. The van der Waals surface area contributed by atoms with Crippen LogP contribution in [0.25, 0.3) is 0 Å². The first-order chi connectivity index (χ1) is 13.0. The lowest BCUT2D eigenvalue weighted by molar-refractivity contribution is -0.00545. The molecule has 27 heavy (non-hydrogen) atoms. The van der Waals surface area contributed by atoms with Crippen molar-refractivity contribution in [3.05, 3.63) is 47.7 Å². The normalized spacial score (nSPS) is 20.4. The fraction of sp³-hybridized carbons (Fsp3) is 0.455. The SMILES string of the molecule is CCCSc1ccc(C)c(N=Cc2ccnc(N3CC(C)OC(C)C3)c2)c1. The van der Waals surface area contributed by atoms with E-state index >= 15 is 0 Å². The Hall–Kier alpha value is -1.85. The number of morpholine rings is 1. The van der Waals surface area contributed by atoms with E-state index in [0.717, 1.165) is 35.9 Å². The second-order valence-corrected chi connectivity index (χ2v) is 8.33. The summed E-state index contributed by atoms with van der Waals surface area (Å²) in [6.45, 7) is 10.3. The third-order valence-corrected chi connectivity index (χ3v) is 5.72. The molecule has 1 saturated heterocycles. The quantitative estimate of drug-likeness (QED) is 0.504. The van der Waals surface area contributed by atoms with E-state index in [1.165, 1.54) is 16.9 Å². The second kappa shape index (κ2) is 9.38. The van der Waals surface area contributed by atoms with Gasteiger partial charge in [-0.3, -0.25) is 4.99 Å². The predicted molar refractivity (Wildman–Crippen MR) is 116 cm³/mol. The highest BCUT2D eigenvalue weighted by molar-refractivity contribution is 7.99. The summed E-state index contributed by atoms with van der Waals surface area (Å²) in [5.74, 6) is 2.13. The van der Waals surface area contributed by atoms with Gasteiger partial charge in [-0.1, -0.05) is 13.0 Å². The molecule has 2 atom stereocenters. The van der Waals surface area contributed by atoms with Gasteiger partial charge in [-0.25, -0.2) is 4.98 Å². The van der Waals surface area contributed by atoms with E-state index in [2.05, 4.69) is 61.8 Å². The van der Waals surface area contributed by atoms with E-state index in [-0.39, 0.29) is 12.2 Å². The Morgan fingerprint density at radius 2 is 2.00 bits per heavy atom. The summed E-state index contributed by atoms with van der Waals surface area (Å²) in [7, 11) is 0. The van der Waals surface area contributed by atoms with Crippen LogP contribution >= 0.6 is 11.8 Å². The molecule has 0 radical (unpaired) electrons. The van der Waals surface area contributed by atoms with Gasteiger partial charge in [0.25, 0.3) is 0 Å². The highest BCUT2D eigenvalue weighted by Gasteiger charge is 2.23. The van der Waals surface area contributed by atoms with Gasteiger partial charge in [0.2, 0.25) is 0 Å². The molecule has 0 N–H and O–H groups in total. The maximum absolute atomic E-state index is 5.83. The van der Waals surface area contributed by atoms with E-state index in [1.54, 1.807) is 0 Å². The first-order valence-electron chi connectivity index (χ1n) is 9.69. The van der Waals surface area contributed by atoms with Crippen LogP contribution < -0.4 is 4.90 Å².